The first-order valence-corrected chi connectivity index (χ1v) is 12.4. The van der Waals surface area contributed by atoms with Gasteiger partial charge in [-0.25, -0.2) is 13.4 Å². The summed E-state index contributed by atoms with van der Waals surface area (Å²) in [5, 5.41) is 2.87. The minimum absolute atomic E-state index is 0.142. The van der Waals surface area contributed by atoms with Gasteiger partial charge in [-0.3, -0.25) is 9.78 Å². The minimum Gasteiger partial charge on any atom is -0.387 e. The van der Waals surface area contributed by atoms with E-state index in [0.29, 0.717) is 48.8 Å². The lowest BCUT2D eigenvalue weighted by Crippen LogP contribution is -2.52. The Morgan fingerprint density at radius 3 is 2.73 bits per heavy atom. The number of carbonyl (C=O) groups excluding carboxylic acids is 1. The van der Waals surface area contributed by atoms with Crippen LogP contribution in [-0.4, -0.2) is 55.6 Å². The van der Waals surface area contributed by atoms with Crippen molar-refractivity contribution in [2.75, 3.05) is 26.2 Å². The number of hydrogen-bond donors (Lipinski definition) is 3. The standard InChI is InChI=1S/C23H28N6O3S/c1-2-5-27-23(30)18-6-17-4-3-16(8-21(17)28-22(25)9-18)19-7-20(12-26-11-19)33(31,32)29-13-15(10-24)14-29/h3-4,6-8,11-12,15H,2,5,9-10,13-14,24H2,1H3,(H2,25,28)(H,27,30). The normalized spacial score (nSPS) is 16.8. The molecule has 0 unspecified atom stereocenters. The first-order chi connectivity index (χ1) is 15.8. The number of carbonyl (C=O) groups is 1. The van der Waals surface area contributed by atoms with Crippen molar-refractivity contribution in [3.63, 3.8) is 0 Å². The van der Waals surface area contributed by atoms with Gasteiger partial charge in [0.05, 0.1) is 5.69 Å². The Morgan fingerprint density at radius 1 is 1.21 bits per heavy atom. The number of nitrogens with two attached hydrogens (primary N) is 2. The van der Waals surface area contributed by atoms with Crippen LogP contribution in [0.2, 0.25) is 0 Å². The lowest BCUT2D eigenvalue weighted by Gasteiger charge is -2.37. The summed E-state index contributed by atoms with van der Waals surface area (Å²) in [7, 11) is -3.62. The van der Waals surface area contributed by atoms with Crippen LogP contribution in [0.3, 0.4) is 0 Å². The van der Waals surface area contributed by atoms with Gasteiger partial charge in [-0.1, -0.05) is 19.1 Å². The molecule has 1 amide bonds. The Kier molecular flexibility index (Phi) is 6.59. The average Bonchev–Trinajstić information content (AvgIpc) is 2.94. The van der Waals surface area contributed by atoms with E-state index in [1.807, 2.05) is 25.1 Å². The molecule has 1 aromatic carbocycles. The number of aromatic nitrogens is 1. The van der Waals surface area contributed by atoms with Crippen molar-refractivity contribution in [3.05, 3.63) is 47.8 Å². The van der Waals surface area contributed by atoms with Gasteiger partial charge < -0.3 is 16.8 Å². The van der Waals surface area contributed by atoms with Gasteiger partial charge in [0.25, 0.3) is 0 Å². The van der Waals surface area contributed by atoms with Crippen LogP contribution in [0.25, 0.3) is 17.2 Å². The third kappa shape index (κ3) is 4.82. The van der Waals surface area contributed by atoms with Crippen LogP contribution in [0.15, 0.2) is 52.1 Å². The van der Waals surface area contributed by atoms with Crippen molar-refractivity contribution in [3.8, 4) is 11.1 Å². The largest absolute Gasteiger partial charge is 0.387 e. The molecule has 1 aromatic heterocycles. The predicted octanol–water partition coefficient (Wildman–Crippen LogP) is 1.63. The molecule has 0 aliphatic carbocycles. The van der Waals surface area contributed by atoms with Gasteiger partial charge >= 0.3 is 0 Å². The minimum atomic E-state index is -3.62. The highest BCUT2D eigenvalue weighted by molar-refractivity contribution is 7.89. The molecule has 5 N–H and O–H groups in total. The summed E-state index contributed by atoms with van der Waals surface area (Å²) in [6.07, 6.45) is 5.87. The first-order valence-electron chi connectivity index (χ1n) is 10.9. The number of nitrogens with one attached hydrogen (secondary N) is 1. The Labute approximate surface area is 193 Å². The molecule has 2 aliphatic rings. The Balaban J connectivity index is 1.64. The fourth-order valence-corrected chi connectivity index (χ4v) is 5.39. The maximum Gasteiger partial charge on any atom is 0.247 e. The fraction of sp³-hybridized carbons (Fsp3) is 0.348. The number of sulfonamides is 1. The molecular formula is C23H28N6O3S. The second-order valence-corrected chi connectivity index (χ2v) is 10.2. The van der Waals surface area contributed by atoms with Crippen LogP contribution in [0.4, 0.5) is 5.69 Å². The molecule has 0 bridgehead atoms. The topological polar surface area (TPSA) is 144 Å². The zero-order valence-corrected chi connectivity index (χ0v) is 19.3. The fourth-order valence-electron chi connectivity index (χ4n) is 3.80. The van der Waals surface area contributed by atoms with Crippen LogP contribution in [0.1, 0.15) is 25.3 Å². The number of nitrogens with zero attached hydrogens (tertiary/aromatic N) is 3. The number of amidine groups is 1. The summed E-state index contributed by atoms with van der Waals surface area (Å²) in [5.74, 6) is 0.383. The third-order valence-electron chi connectivity index (χ3n) is 5.76. The molecule has 9 nitrogen and oxygen atoms in total. The molecule has 0 spiro atoms. The lowest BCUT2D eigenvalue weighted by atomic mass is 10.0. The highest BCUT2D eigenvalue weighted by Gasteiger charge is 2.36. The quantitative estimate of drug-likeness (QED) is 0.563. The van der Waals surface area contributed by atoms with Crippen LogP contribution in [0, 0.1) is 5.92 Å². The lowest BCUT2D eigenvalue weighted by molar-refractivity contribution is -0.117. The van der Waals surface area contributed by atoms with Crippen molar-refractivity contribution in [2.24, 2.45) is 22.4 Å². The van der Waals surface area contributed by atoms with E-state index in [0.717, 1.165) is 17.5 Å². The SMILES string of the molecule is CCCNC(=O)C1=Cc2ccc(-c3cncc(S(=O)(=O)N4CC(CN)C4)c3)cc2N=C(N)C1. The van der Waals surface area contributed by atoms with Crippen molar-refractivity contribution in [1.29, 1.82) is 0 Å². The second-order valence-electron chi connectivity index (χ2n) is 8.31. The molecule has 3 heterocycles. The van der Waals surface area contributed by atoms with E-state index in [2.05, 4.69) is 15.3 Å². The molecule has 2 aromatic rings. The number of rotatable bonds is 7. The summed E-state index contributed by atoms with van der Waals surface area (Å²) in [6, 6.07) is 7.15. The summed E-state index contributed by atoms with van der Waals surface area (Å²) in [4.78, 5) is 21.2. The van der Waals surface area contributed by atoms with Gasteiger partial charge in [0.15, 0.2) is 0 Å². The number of amides is 1. The molecule has 10 heteroatoms. The monoisotopic (exact) mass is 468 g/mol. The van der Waals surface area contributed by atoms with Gasteiger partial charge in [0.1, 0.15) is 10.7 Å². The summed E-state index contributed by atoms with van der Waals surface area (Å²) in [6.45, 7) is 3.91. The summed E-state index contributed by atoms with van der Waals surface area (Å²) < 4.78 is 27.3. The smallest absolute Gasteiger partial charge is 0.247 e. The maximum atomic E-state index is 12.9. The molecule has 2 aliphatic heterocycles. The van der Waals surface area contributed by atoms with Crippen molar-refractivity contribution in [2.45, 2.75) is 24.7 Å². The van der Waals surface area contributed by atoms with E-state index in [1.54, 1.807) is 18.3 Å². The highest BCUT2D eigenvalue weighted by Crippen LogP contribution is 2.33. The predicted molar refractivity (Wildman–Crippen MR) is 128 cm³/mol. The van der Waals surface area contributed by atoms with E-state index in [-0.39, 0.29) is 23.1 Å². The molecule has 33 heavy (non-hydrogen) atoms. The van der Waals surface area contributed by atoms with Crippen LogP contribution in [0.5, 0.6) is 0 Å². The number of pyridine rings is 1. The van der Waals surface area contributed by atoms with E-state index in [9.17, 15) is 13.2 Å². The molecular weight excluding hydrogens is 440 g/mol. The third-order valence-corrected chi connectivity index (χ3v) is 7.56. The van der Waals surface area contributed by atoms with Crippen LogP contribution < -0.4 is 16.8 Å². The van der Waals surface area contributed by atoms with Gasteiger partial charge in [-0.05, 0) is 42.7 Å². The van der Waals surface area contributed by atoms with E-state index in [1.165, 1.54) is 10.5 Å². The number of fused-ring (bicyclic) bond motifs is 1. The molecule has 0 saturated carbocycles. The molecule has 1 saturated heterocycles. The molecule has 0 atom stereocenters. The highest BCUT2D eigenvalue weighted by atomic mass is 32.2. The van der Waals surface area contributed by atoms with Crippen LogP contribution in [-0.2, 0) is 14.8 Å². The van der Waals surface area contributed by atoms with Gasteiger partial charge in [-0.2, -0.15) is 4.31 Å². The second kappa shape index (κ2) is 9.42. The van der Waals surface area contributed by atoms with Gasteiger partial charge in [0, 0.05) is 55.1 Å². The van der Waals surface area contributed by atoms with E-state index >= 15 is 0 Å². The summed E-state index contributed by atoms with van der Waals surface area (Å²) in [5.41, 5.74) is 15.0. The van der Waals surface area contributed by atoms with E-state index < -0.39 is 10.0 Å². The van der Waals surface area contributed by atoms with Crippen molar-refractivity contribution >= 4 is 33.5 Å². The summed E-state index contributed by atoms with van der Waals surface area (Å²) >= 11 is 0. The van der Waals surface area contributed by atoms with Crippen molar-refractivity contribution < 1.29 is 13.2 Å². The molecule has 1 fully saturated rings. The zero-order chi connectivity index (χ0) is 23.6. The number of aliphatic imine (C=N–C) groups is 1. The van der Waals surface area contributed by atoms with Gasteiger partial charge in [0.2, 0.25) is 15.9 Å². The number of hydrogen-bond acceptors (Lipinski definition) is 7. The molecule has 174 valence electrons. The number of benzene rings is 1. The van der Waals surface area contributed by atoms with Crippen molar-refractivity contribution in [1.82, 2.24) is 14.6 Å². The Morgan fingerprint density at radius 2 is 2.00 bits per heavy atom. The first kappa shape index (κ1) is 23.1. The molecule has 0 radical (unpaired) electrons. The van der Waals surface area contributed by atoms with Crippen LogP contribution >= 0.6 is 0 Å². The maximum absolute atomic E-state index is 12.9. The Bertz CT molecular complexity index is 1230. The molecule has 4 rings (SSSR count). The zero-order valence-electron chi connectivity index (χ0n) is 18.5. The average molecular weight is 469 g/mol. The Hall–Kier alpha value is -3.08. The van der Waals surface area contributed by atoms with E-state index in [4.69, 9.17) is 11.5 Å². The van der Waals surface area contributed by atoms with Gasteiger partial charge in [-0.15, -0.1) is 0 Å².